The third-order valence-corrected chi connectivity index (χ3v) is 6.22. The van der Waals surface area contributed by atoms with Gasteiger partial charge in [0.15, 0.2) is 4.77 Å². The van der Waals surface area contributed by atoms with E-state index in [1.807, 2.05) is 12.1 Å². The summed E-state index contributed by atoms with van der Waals surface area (Å²) in [6, 6.07) is 12.2. The van der Waals surface area contributed by atoms with Crippen LogP contribution in [0.3, 0.4) is 0 Å². The molecule has 2 N–H and O–H groups in total. The summed E-state index contributed by atoms with van der Waals surface area (Å²) < 4.78 is 6.44. The minimum absolute atomic E-state index is 0.0648. The van der Waals surface area contributed by atoms with Gasteiger partial charge in [-0.2, -0.15) is 0 Å². The summed E-state index contributed by atoms with van der Waals surface area (Å²) in [7, 11) is 1.30. The number of aromatic amines is 1. The number of carbonyl (C=O) groups excluding carboxylic acids is 2. The first-order chi connectivity index (χ1) is 15.5. The zero-order valence-electron chi connectivity index (χ0n) is 17.8. The molecule has 1 amide bonds. The summed E-state index contributed by atoms with van der Waals surface area (Å²) in [5.41, 5.74) is 2.02. The number of carbonyl (C=O) groups is 2. The molecule has 32 heavy (non-hydrogen) atoms. The number of nitrogens with zero attached hydrogens (tertiary/aromatic N) is 1. The number of methoxy groups -OCH3 is 1. The molecule has 0 spiro atoms. The zero-order valence-corrected chi connectivity index (χ0v) is 18.7. The molecule has 1 heterocycles. The monoisotopic (exact) mass is 451 g/mol. The SMILES string of the molecule is COC(=O)c1ccc2c(=O)n(Cc3ccc(C(=O)NC4CCCCC4)cc3)c(=S)[nH]c2c1. The molecule has 1 saturated carbocycles. The van der Waals surface area contributed by atoms with Crippen LogP contribution in [0.1, 0.15) is 58.4 Å². The Morgan fingerprint density at radius 2 is 1.78 bits per heavy atom. The van der Waals surface area contributed by atoms with Crippen molar-refractivity contribution in [3.8, 4) is 0 Å². The summed E-state index contributed by atoms with van der Waals surface area (Å²) >= 11 is 5.39. The lowest BCUT2D eigenvalue weighted by Crippen LogP contribution is -2.36. The van der Waals surface area contributed by atoms with E-state index in [4.69, 9.17) is 17.0 Å². The van der Waals surface area contributed by atoms with E-state index < -0.39 is 5.97 Å². The highest BCUT2D eigenvalue weighted by molar-refractivity contribution is 7.71. The van der Waals surface area contributed by atoms with Crippen molar-refractivity contribution < 1.29 is 14.3 Å². The number of esters is 1. The molecule has 0 aliphatic heterocycles. The van der Waals surface area contributed by atoms with Crippen molar-refractivity contribution in [3.05, 3.63) is 74.3 Å². The molecule has 0 saturated heterocycles. The molecule has 8 heteroatoms. The Morgan fingerprint density at radius 1 is 1.09 bits per heavy atom. The van der Waals surface area contributed by atoms with Crippen LogP contribution < -0.4 is 10.9 Å². The van der Waals surface area contributed by atoms with E-state index in [9.17, 15) is 14.4 Å². The Balaban J connectivity index is 1.54. The summed E-state index contributed by atoms with van der Waals surface area (Å²) in [4.78, 5) is 40.3. The fourth-order valence-corrected chi connectivity index (χ4v) is 4.36. The van der Waals surface area contributed by atoms with Gasteiger partial charge in [0, 0.05) is 11.6 Å². The van der Waals surface area contributed by atoms with E-state index in [1.165, 1.54) is 18.1 Å². The first kappa shape index (κ1) is 22.0. The summed E-state index contributed by atoms with van der Waals surface area (Å²) in [6.45, 7) is 0.271. The van der Waals surface area contributed by atoms with E-state index in [2.05, 4.69) is 10.3 Å². The molecular formula is C24H25N3O4S. The van der Waals surface area contributed by atoms with Gasteiger partial charge < -0.3 is 15.0 Å². The van der Waals surface area contributed by atoms with Crippen LogP contribution in [0.25, 0.3) is 10.9 Å². The second-order valence-electron chi connectivity index (χ2n) is 8.08. The van der Waals surface area contributed by atoms with Gasteiger partial charge >= 0.3 is 5.97 Å². The minimum atomic E-state index is -0.483. The largest absolute Gasteiger partial charge is 0.465 e. The van der Waals surface area contributed by atoms with Crippen LogP contribution in [0.2, 0.25) is 0 Å². The van der Waals surface area contributed by atoms with Crippen LogP contribution in [-0.2, 0) is 11.3 Å². The molecule has 4 rings (SSSR count). The molecule has 0 atom stereocenters. The van der Waals surface area contributed by atoms with Crippen LogP contribution >= 0.6 is 12.2 Å². The molecule has 1 aliphatic rings. The zero-order chi connectivity index (χ0) is 22.7. The molecule has 2 aromatic carbocycles. The lowest BCUT2D eigenvalue weighted by molar-refractivity contribution is 0.0600. The van der Waals surface area contributed by atoms with Crippen LogP contribution in [0.4, 0.5) is 0 Å². The van der Waals surface area contributed by atoms with Crippen molar-refractivity contribution in [1.29, 1.82) is 0 Å². The first-order valence-corrected chi connectivity index (χ1v) is 11.1. The number of fused-ring (bicyclic) bond motifs is 1. The molecule has 0 unspecified atom stereocenters. The Kier molecular flexibility index (Phi) is 6.50. The maximum absolute atomic E-state index is 13.0. The molecule has 0 radical (unpaired) electrons. The average Bonchev–Trinajstić information content (AvgIpc) is 2.82. The highest BCUT2D eigenvalue weighted by Gasteiger charge is 2.17. The quantitative estimate of drug-likeness (QED) is 0.453. The smallest absolute Gasteiger partial charge is 0.337 e. The Labute approximate surface area is 190 Å². The van der Waals surface area contributed by atoms with E-state index in [1.54, 1.807) is 30.3 Å². The van der Waals surface area contributed by atoms with Crippen molar-refractivity contribution in [2.45, 2.75) is 44.7 Å². The fourth-order valence-electron chi connectivity index (χ4n) is 4.10. The van der Waals surface area contributed by atoms with Crippen LogP contribution in [0.15, 0.2) is 47.3 Å². The number of H-pyrrole nitrogens is 1. The standard InChI is InChI=1S/C24H25N3O4S/c1-31-23(30)17-11-12-19-20(13-17)26-24(32)27(22(19)29)14-15-7-9-16(10-8-15)21(28)25-18-5-3-2-4-6-18/h7-13,18H,2-6,14H2,1H3,(H,25,28)(H,26,32). The molecule has 7 nitrogen and oxygen atoms in total. The summed E-state index contributed by atoms with van der Waals surface area (Å²) in [5.74, 6) is -0.548. The third kappa shape index (κ3) is 4.65. The number of aromatic nitrogens is 2. The number of benzene rings is 2. The fraction of sp³-hybridized carbons (Fsp3) is 0.333. The van der Waals surface area contributed by atoms with E-state index in [-0.39, 0.29) is 28.8 Å². The van der Waals surface area contributed by atoms with Gasteiger partial charge in [-0.05, 0) is 61.0 Å². The van der Waals surface area contributed by atoms with Crippen LogP contribution in [0.5, 0.6) is 0 Å². The van der Waals surface area contributed by atoms with Crippen LogP contribution in [0, 0.1) is 4.77 Å². The van der Waals surface area contributed by atoms with Gasteiger partial charge in [0.05, 0.1) is 30.1 Å². The van der Waals surface area contributed by atoms with Crippen LogP contribution in [-0.4, -0.2) is 34.6 Å². The van der Waals surface area contributed by atoms with Gasteiger partial charge in [0.1, 0.15) is 0 Å². The highest BCUT2D eigenvalue weighted by atomic mass is 32.1. The summed E-state index contributed by atoms with van der Waals surface area (Å²) in [5, 5.41) is 3.54. The molecule has 1 aromatic heterocycles. The Bertz CT molecular complexity index is 1270. The lowest BCUT2D eigenvalue weighted by Gasteiger charge is -2.22. The minimum Gasteiger partial charge on any atom is -0.465 e. The Morgan fingerprint density at radius 3 is 2.47 bits per heavy atom. The molecule has 166 valence electrons. The van der Waals surface area contributed by atoms with Crippen molar-refractivity contribution in [2.75, 3.05) is 7.11 Å². The number of hydrogen-bond donors (Lipinski definition) is 2. The van der Waals surface area contributed by atoms with Gasteiger partial charge in [-0.15, -0.1) is 0 Å². The molecular weight excluding hydrogens is 426 g/mol. The second-order valence-corrected chi connectivity index (χ2v) is 8.47. The molecule has 1 fully saturated rings. The normalized spacial score (nSPS) is 14.3. The number of nitrogens with one attached hydrogen (secondary N) is 2. The van der Waals surface area contributed by atoms with E-state index in [0.29, 0.717) is 22.0 Å². The van der Waals surface area contributed by atoms with Crippen molar-refractivity contribution >= 4 is 35.0 Å². The predicted molar refractivity (Wildman–Crippen MR) is 125 cm³/mol. The van der Waals surface area contributed by atoms with Gasteiger partial charge in [-0.3, -0.25) is 14.2 Å². The second kappa shape index (κ2) is 9.48. The first-order valence-electron chi connectivity index (χ1n) is 10.7. The van der Waals surface area contributed by atoms with Gasteiger partial charge in [0.2, 0.25) is 0 Å². The van der Waals surface area contributed by atoms with Crippen molar-refractivity contribution in [2.24, 2.45) is 0 Å². The van der Waals surface area contributed by atoms with E-state index >= 15 is 0 Å². The number of hydrogen-bond acceptors (Lipinski definition) is 5. The van der Waals surface area contributed by atoms with Gasteiger partial charge in [-0.1, -0.05) is 31.4 Å². The highest BCUT2D eigenvalue weighted by Crippen LogP contribution is 2.18. The Hall–Kier alpha value is -3.26. The molecule has 3 aromatic rings. The maximum Gasteiger partial charge on any atom is 0.337 e. The van der Waals surface area contributed by atoms with Crippen molar-refractivity contribution in [3.63, 3.8) is 0 Å². The third-order valence-electron chi connectivity index (χ3n) is 5.90. The lowest BCUT2D eigenvalue weighted by atomic mass is 9.95. The van der Waals surface area contributed by atoms with E-state index in [0.717, 1.165) is 31.2 Å². The summed E-state index contributed by atoms with van der Waals surface area (Å²) in [6.07, 6.45) is 5.63. The maximum atomic E-state index is 13.0. The van der Waals surface area contributed by atoms with Crippen molar-refractivity contribution in [1.82, 2.24) is 14.9 Å². The number of rotatable bonds is 5. The van der Waals surface area contributed by atoms with Gasteiger partial charge in [0.25, 0.3) is 11.5 Å². The average molecular weight is 452 g/mol. The number of ether oxygens (including phenoxy) is 1. The topological polar surface area (TPSA) is 93.2 Å². The number of amides is 1. The van der Waals surface area contributed by atoms with Gasteiger partial charge in [-0.25, -0.2) is 4.79 Å². The molecule has 1 aliphatic carbocycles. The molecule has 0 bridgehead atoms. The predicted octanol–water partition coefficient (Wildman–Crippen LogP) is 3.96.